The lowest BCUT2D eigenvalue weighted by Crippen LogP contribution is -2.53. The predicted molar refractivity (Wildman–Crippen MR) is 77.5 cm³/mol. The Kier molecular flexibility index (Phi) is 9.02. The van der Waals surface area contributed by atoms with Crippen molar-refractivity contribution >= 4 is 5.91 Å². The van der Waals surface area contributed by atoms with Crippen LogP contribution < -0.4 is 11.1 Å². The van der Waals surface area contributed by atoms with Gasteiger partial charge in [0.25, 0.3) is 0 Å². The number of carbonyl (C=O) groups is 1. The zero-order chi connectivity index (χ0) is 14.0. The Morgan fingerprint density at radius 1 is 1.22 bits per heavy atom. The van der Waals surface area contributed by atoms with E-state index in [0.717, 1.165) is 38.8 Å². The van der Waals surface area contributed by atoms with Gasteiger partial charge in [0.1, 0.15) is 0 Å². The van der Waals surface area contributed by atoms with Gasteiger partial charge in [0.2, 0.25) is 5.91 Å². The molecule has 0 saturated heterocycles. The fraction of sp³-hybridized carbons (Fsp3) is 0.929. The number of amides is 1. The second-order valence-electron chi connectivity index (χ2n) is 4.90. The first-order valence-corrected chi connectivity index (χ1v) is 7.25. The van der Waals surface area contributed by atoms with Crippen LogP contribution in [-0.4, -0.2) is 43.0 Å². The van der Waals surface area contributed by atoms with Crippen molar-refractivity contribution in [3.8, 4) is 0 Å². The average Bonchev–Trinajstić information content (AvgIpc) is 2.41. The highest BCUT2D eigenvalue weighted by molar-refractivity contribution is 5.75. The Morgan fingerprint density at radius 3 is 2.22 bits per heavy atom. The second-order valence-corrected chi connectivity index (χ2v) is 4.90. The van der Waals surface area contributed by atoms with Crippen LogP contribution >= 0.6 is 0 Å². The SMILES string of the molecule is CCCN(CCCC(=O)NC)C(CC)(CC)CN. The number of nitrogens with one attached hydrogen (secondary N) is 1. The van der Waals surface area contributed by atoms with Crippen LogP contribution in [0.4, 0.5) is 0 Å². The fourth-order valence-electron chi connectivity index (χ4n) is 2.53. The third kappa shape index (κ3) is 4.94. The van der Waals surface area contributed by atoms with Crippen LogP contribution in [0.3, 0.4) is 0 Å². The largest absolute Gasteiger partial charge is 0.359 e. The quantitative estimate of drug-likeness (QED) is 0.627. The molecule has 4 heteroatoms. The molecular formula is C14H31N3O. The summed E-state index contributed by atoms with van der Waals surface area (Å²) in [7, 11) is 1.69. The van der Waals surface area contributed by atoms with E-state index in [9.17, 15) is 4.79 Å². The number of hydrogen-bond donors (Lipinski definition) is 2. The topological polar surface area (TPSA) is 58.4 Å². The standard InChI is InChI=1S/C14H31N3O/c1-5-10-17(11-8-9-13(18)16-4)14(6-2,7-3)12-15/h5-12,15H2,1-4H3,(H,16,18). The second kappa shape index (κ2) is 9.34. The lowest BCUT2D eigenvalue weighted by molar-refractivity contribution is -0.120. The summed E-state index contributed by atoms with van der Waals surface area (Å²) in [6.07, 6.45) is 4.77. The van der Waals surface area contributed by atoms with E-state index in [1.165, 1.54) is 0 Å². The van der Waals surface area contributed by atoms with Gasteiger partial charge >= 0.3 is 0 Å². The van der Waals surface area contributed by atoms with Crippen LogP contribution in [0.25, 0.3) is 0 Å². The number of hydrogen-bond acceptors (Lipinski definition) is 3. The van der Waals surface area contributed by atoms with Crippen molar-refractivity contribution in [3.63, 3.8) is 0 Å². The summed E-state index contributed by atoms with van der Waals surface area (Å²) in [5, 5.41) is 2.67. The summed E-state index contributed by atoms with van der Waals surface area (Å²) in [6, 6.07) is 0. The fourth-order valence-corrected chi connectivity index (χ4v) is 2.53. The molecule has 0 aromatic carbocycles. The van der Waals surface area contributed by atoms with Crippen molar-refractivity contribution in [2.75, 3.05) is 26.7 Å². The summed E-state index contributed by atoms with van der Waals surface area (Å²) < 4.78 is 0. The number of nitrogens with two attached hydrogens (primary N) is 1. The van der Waals surface area contributed by atoms with Gasteiger partial charge in [-0.05, 0) is 38.8 Å². The van der Waals surface area contributed by atoms with Gasteiger partial charge in [-0.25, -0.2) is 0 Å². The summed E-state index contributed by atoms with van der Waals surface area (Å²) >= 11 is 0. The van der Waals surface area contributed by atoms with Gasteiger partial charge in [0.05, 0.1) is 0 Å². The highest BCUT2D eigenvalue weighted by Crippen LogP contribution is 2.23. The van der Waals surface area contributed by atoms with Crippen molar-refractivity contribution in [1.29, 1.82) is 0 Å². The Hall–Kier alpha value is -0.610. The third-order valence-corrected chi connectivity index (χ3v) is 3.97. The van der Waals surface area contributed by atoms with Crippen LogP contribution in [0, 0.1) is 0 Å². The zero-order valence-corrected chi connectivity index (χ0v) is 12.6. The lowest BCUT2D eigenvalue weighted by atomic mass is 9.90. The van der Waals surface area contributed by atoms with Crippen molar-refractivity contribution in [1.82, 2.24) is 10.2 Å². The van der Waals surface area contributed by atoms with Gasteiger partial charge in [0.15, 0.2) is 0 Å². The molecule has 4 nitrogen and oxygen atoms in total. The molecule has 0 aliphatic rings. The monoisotopic (exact) mass is 257 g/mol. The van der Waals surface area contributed by atoms with E-state index >= 15 is 0 Å². The average molecular weight is 257 g/mol. The zero-order valence-electron chi connectivity index (χ0n) is 12.6. The van der Waals surface area contributed by atoms with E-state index in [0.29, 0.717) is 13.0 Å². The molecule has 108 valence electrons. The Bertz CT molecular complexity index is 219. The van der Waals surface area contributed by atoms with Crippen molar-refractivity contribution in [2.45, 2.75) is 58.4 Å². The molecule has 18 heavy (non-hydrogen) atoms. The molecular weight excluding hydrogens is 226 g/mol. The molecule has 0 saturated carbocycles. The normalized spacial score (nSPS) is 11.9. The van der Waals surface area contributed by atoms with Gasteiger partial charge in [-0.1, -0.05) is 20.8 Å². The summed E-state index contributed by atoms with van der Waals surface area (Å²) in [6.45, 7) is 9.32. The maximum absolute atomic E-state index is 11.3. The molecule has 0 aromatic heterocycles. The number of rotatable bonds is 10. The molecule has 0 rings (SSSR count). The van der Waals surface area contributed by atoms with Crippen LogP contribution in [0.1, 0.15) is 52.9 Å². The van der Waals surface area contributed by atoms with Gasteiger partial charge in [0, 0.05) is 25.6 Å². The van der Waals surface area contributed by atoms with E-state index in [1.54, 1.807) is 7.05 Å². The smallest absolute Gasteiger partial charge is 0.219 e. The molecule has 0 aliphatic carbocycles. The molecule has 0 aromatic rings. The Balaban J connectivity index is 4.48. The van der Waals surface area contributed by atoms with Crippen molar-refractivity contribution in [2.24, 2.45) is 5.73 Å². The lowest BCUT2D eigenvalue weighted by Gasteiger charge is -2.42. The van der Waals surface area contributed by atoms with E-state index in [1.807, 2.05) is 0 Å². The summed E-state index contributed by atoms with van der Waals surface area (Å²) in [4.78, 5) is 13.7. The highest BCUT2D eigenvalue weighted by atomic mass is 16.1. The maximum atomic E-state index is 11.3. The van der Waals surface area contributed by atoms with Crippen molar-refractivity contribution in [3.05, 3.63) is 0 Å². The Labute approximate surface area is 112 Å². The Morgan fingerprint density at radius 2 is 1.83 bits per heavy atom. The molecule has 0 bridgehead atoms. The van der Waals surface area contributed by atoms with Crippen LogP contribution in [0.2, 0.25) is 0 Å². The predicted octanol–water partition coefficient (Wildman–Crippen LogP) is 1.74. The minimum atomic E-state index is 0.110. The van der Waals surface area contributed by atoms with Crippen LogP contribution in [0.15, 0.2) is 0 Å². The molecule has 0 heterocycles. The molecule has 0 aliphatic heterocycles. The number of nitrogens with zero attached hydrogens (tertiary/aromatic N) is 1. The van der Waals surface area contributed by atoms with Crippen LogP contribution in [0.5, 0.6) is 0 Å². The molecule has 0 unspecified atom stereocenters. The molecule has 0 atom stereocenters. The van der Waals surface area contributed by atoms with E-state index in [2.05, 4.69) is 31.0 Å². The van der Waals surface area contributed by atoms with Crippen LogP contribution in [-0.2, 0) is 4.79 Å². The van der Waals surface area contributed by atoms with E-state index in [4.69, 9.17) is 5.73 Å². The molecule has 3 N–H and O–H groups in total. The molecule has 0 fully saturated rings. The van der Waals surface area contributed by atoms with E-state index in [-0.39, 0.29) is 11.4 Å². The number of carbonyl (C=O) groups excluding carboxylic acids is 1. The van der Waals surface area contributed by atoms with Gasteiger partial charge < -0.3 is 11.1 Å². The van der Waals surface area contributed by atoms with Gasteiger partial charge in [-0.3, -0.25) is 9.69 Å². The third-order valence-electron chi connectivity index (χ3n) is 3.97. The first-order valence-electron chi connectivity index (χ1n) is 7.25. The van der Waals surface area contributed by atoms with Gasteiger partial charge in [-0.2, -0.15) is 0 Å². The molecule has 0 spiro atoms. The minimum absolute atomic E-state index is 0.110. The van der Waals surface area contributed by atoms with Gasteiger partial charge in [-0.15, -0.1) is 0 Å². The van der Waals surface area contributed by atoms with Crippen molar-refractivity contribution < 1.29 is 4.79 Å². The minimum Gasteiger partial charge on any atom is -0.359 e. The molecule has 0 radical (unpaired) electrons. The summed E-state index contributed by atoms with van der Waals surface area (Å²) in [5.41, 5.74) is 6.11. The highest BCUT2D eigenvalue weighted by Gasteiger charge is 2.30. The first kappa shape index (κ1) is 17.4. The van der Waals surface area contributed by atoms with E-state index < -0.39 is 0 Å². The maximum Gasteiger partial charge on any atom is 0.219 e. The first-order chi connectivity index (χ1) is 8.60. The summed E-state index contributed by atoms with van der Waals surface area (Å²) in [5.74, 6) is 0.123. The molecule has 1 amide bonds.